The molecule has 0 fully saturated rings. The van der Waals surface area contributed by atoms with Crippen LogP contribution < -0.4 is 0 Å². The highest BCUT2D eigenvalue weighted by Gasteiger charge is 2.07. The Bertz CT molecular complexity index is 335. The minimum Gasteiger partial charge on any atom is -0.462 e. The molecule has 2 heteroatoms. The van der Waals surface area contributed by atoms with Gasteiger partial charge in [0.25, 0.3) is 0 Å². The van der Waals surface area contributed by atoms with Crippen LogP contribution in [0.1, 0.15) is 136 Å². The van der Waals surface area contributed by atoms with Gasteiger partial charge in [0.05, 0.1) is 6.61 Å². The molecule has 2 nitrogen and oxygen atoms in total. The number of esters is 1. The fourth-order valence-corrected chi connectivity index (χ4v) is 3.43. The van der Waals surface area contributed by atoms with Crippen LogP contribution in [0.15, 0.2) is 12.2 Å². The second-order valence-electron chi connectivity index (χ2n) is 8.15. The third kappa shape index (κ3) is 19.8. The summed E-state index contributed by atoms with van der Waals surface area (Å²) in [5.41, 5.74) is 0.654. The summed E-state index contributed by atoms with van der Waals surface area (Å²) in [5.74, 6) is -0.176. The zero-order valence-corrected chi connectivity index (χ0v) is 18.7. The van der Waals surface area contributed by atoms with Gasteiger partial charge in [-0.3, -0.25) is 0 Å². The third-order valence-corrected chi connectivity index (χ3v) is 5.35. The van der Waals surface area contributed by atoms with E-state index in [0.29, 0.717) is 12.2 Å². The monoisotopic (exact) mass is 380 g/mol. The molecule has 0 rings (SSSR count). The molecule has 0 aromatic heterocycles. The number of rotatable bonds is 21. The molecule has 0 aliphatic carbocycles. The largest absolute Gasteiger partial charge is 0.462 e. The normalized spacial score (nSPS) is 10.9. The lowest BCUT2D eigenvalue weighted by Crippen LogP contribution is -2.08. The van der Waals surface area contributed by atoms with Crippen molar-refractivity contribution in [3.8, 4) is 0 Å². The van der Waals surface area contributed by atoms with Gasteiger partial charge in [0, 0.05) is 5.57 Å². The molecule has 0 aliphatic heterocycles. The van der Waals surface area contributed by atoms with Gasteiger partial charge in [-0.2, -0.15) is 0 Å². The summed E-state index contributed by atoms with van der Waals surface area (Å²) in [5, 5.41) is 0. The topological polar surface area (TPSA) is 26.3 Å². The number of carbonyl (C=O) groups is 1. The smallest absolute Gasteiger partial charge is 0.333 e. The number of ether oxygens (including phenoxy) is 1. The van der Waals surface area contributed by atoms with Crippen molar-refractivity contribution in [2.24, 2.45) is 0 Å². The van der Waals surface area contributed by atoms with Gasteiger partial charge in [-0.25, -0.2) is 4.79 Å². The first-order valence-electron chi connectivity index (χ1n) is 12.1. The summed E-state index contributed by atoms with van der Waals surface area (Å²) >= 11 is 0. The molecule has 0 unspecified atom stereocenters. The van der Waals surface area contributed by atoms with Crippen molar-refractivity contribution < 1.29 is 9.53 Å². The molecule has 0 spiro atoms. The second-order valence-corrected chi connectivity index (χ2v) is 8.15. The van der Waals surface area contributed by atoms with Crippen LogP contribution >= 0.6 is 0 Å². The molecule has 160 valence electrons. The van der Waals surface area contributed by atoms with E-state index >= 15 is 0 Å². The number of carbonyl (C=O) groups excluding carboxylic acids is 1. The molecule has 0 bridgehead atoms. The first-order valence-corrected chi connectivity index (χ1v) is 12.1. The van der Waals surface area contributed by atoms with Crippen LogP contribution in [0.3, 0.4) is 0 Å². The zero-order valence-electron chi connectivity index (χ0n) is 18.7. The quantitative estimate of drug-likeness (QED) is 0.113. The van der Waals surface area contributed by atoms with Crippen LogP contribution in [0.2, 0.25) is 0 Å². The van der Waals surface area contributed by atoms with Gasteiger partial charge in [-0.05, 0) is 19.3 Å². The average molecular weight is 381 g/mol. The Morgan fingerprint density at radius 3 is 1.41 bits per heavy atom. The minimum absolute atomic E-state index is 0.176. The molecule has 0 aromatic rings. The number of unbranched alkanes of at least 4 members (excludes halogenated alkanes) is 16. The van der Waals surface area contributed by atoms with Crippen LogP contribution in [-0.4, -0.2) is 12.6 Å². The van der Waals surface area contributed by atoms with Gasteiger partial charge in [-0.15, -0.1) is 0 Å². The van der Waals surface area contributed by atoms with Crippen LogP contribution in [-0.2, 0) is 9.53 Å². The van der Waals surface area contributed by atoms with Crippen molar-refractivity contribution in [1.82, 2.24) is 0 Å². The Morgan fingerprint density at radius 1 is 0.593 bits per heavy atom. The SMILES string of the molecule is C=C(CCCCCCC)C(=O)OCCCCCCCCCCCCCCC. The molecule has 0 heterocycles. The van der Waals surface area contributed by atoms with E-state index < -0.39 is 0 Å². The molecule has 0 amide bonds. The van der Waals surface area contributed by atoms with E-state index in [2.05, 4.69) is 20.4 Å². The fraction of sp³-hybridized carbons (Fsp3) is 0.880. The summed E-state index contributed by atoms with van der Waals surface area (Å²) in [4.78, 5) is 11.9. The van der Waals surface area contributed by atoms with Gasteiger partial charge in [0.1, 0.15) is 0 Å². The molecule has 0 saturated heterocycles. The summed E-state index contributed by atoms with van der Waals surface area (Å²) in [7, 11) is 0. The van der Waals surface area contributed by atoms with Gasteiger partial charge in [-0.1, -0.05) is 123 Å². The Morgan fingerprint density at radius 2 is 0.963 bits per heavy atom. The number of hydrogen-bond acceptors (Lipinski definition) is 2. The van der Waals surface area contributed by atoms with E-state index in [0.717, 1.165) is 19.3 Å². The van der Waals surface area contributed by atoms with Crippen molar-refractivity contribution in [1.29, 1.82) is 0 Å². The van der Waals surface area contributed by atoms with Crippen molar-refractivity contribution in [3.63, 3.8) is 0 Å². The Balaban J connectivity index is 3.27. The minimum atomic E-state index is -0.176. The van der Waals surface area contributed by atoms with E-state index in [1.54, 1.807) is 0 Å². The van der Waals surface area contributed by atoms with Gasteiger partial charge < -0.3 is 4.74 Å². The van der Waals surface area contributed by atoms with Crippen LogP contribution in [0.5, 0.6) is 0 Å². The van der Waals surface area contributed by atoms with Gasteiger partial charge >= 0.3 is 5.97 Å². The van der Waals surface area contributed by atoms with Crippen molar-refractivity contribution in [3.05, 3.63) is 12.2 Å². The predicted molar refractivity (Wildman–Crippen MR) is 119 cm³/mol. The molecule has 0 radical (unpaired) electrons. The lowest BCUT2D eigenvalue weighted by Gasteiger charge is -2.07. The van der Waals surface area contributed by atoms with Crippen molar-refractivity contribution in [2.75, 3.05) is 6.61 Å². The van der Waals surface area contributed by atoms with E-state index in [1.165, 1.54) is 103 Å². The number of hydrogen-bond donors (Lipinski definition) is 0. The standard InChI is InChI=1S/C25H48O2/c1-4-6-8-10-11-12-13-14-15-16-17-19-21-23-27-25(26)24(3)22-20-18-9-7-5-2/h3-23H2,1-2H3. The summed E-state index contributed by atoms with van der Waals surface area (Å²) in [6, 6.07) is 0. The highest BCUT2D eigenvalue weighted by Crippen LogP contribution is 2.13. The molecule has 27 heavy (non-hydrogen) atoms. The fourth-order valence-electron chi connectivity index (χ4n) is 3.43. The van der Waals surface area contributed by atoms with Gasteiger partial charge in [0.2, 0.25) is 0 Å². The molecular formula is C25H48O2. The van der Waals surface area contributed by atoms with Crippen molar-refractivity contribution in [2.45, 2.75) is 136 Å². The molecule has 0 atom stereocenters. The highest BCUT2D eigenvalue weighted by atomic mass is 16.5. The first-order chi connectivity index (χ1) is 13.2. The molecule has 0 saturated carbocycles. The van der Waals surface area contributed by atoms with E-state index in [1.807, 2.05) is 0 Å². The Labute approximate surface area is 170 Å². The van der Waals surface area contributed by atoms with Crippen LogP contribution in [0, 0.1) is 0 Å². The maximum absolute atomic E-state index is 11.9. The molecular weight excluding hydrogens is 332 g/mol. The highest BCUT2D eigenvalue weighted by molar-refractivity contribution is 5.87. The van der Waals surface area contributed by atoms with E-state index in [-0.39, 0.29) is 5.97 Å². The van der Waals surface area contributed by atoms with Crippen LogP contribution in [0.4, 0.5) is 0 Å². The summed E-state index contributed by atoms with van der Waals surface area (Å²) in [6.45, 7) is 8.93. The first kappa shape index (κ1) is 26.2. The lowest BCUT2D eigenvalue weighted by molar-refractivity contribution is -0.139. The molecule has 0 N–H and O–H groups in total. The zero-order chi connectivity index (χ0) is 20.0. The average Bonchev–Trinajstić information content (AvgIpc) is 2.67. The maximum atomic E-state index is 11.9. The van der Waals surface area contributed by atoms with Crippen molar-refractivity contribution >= 4 is 5.97 Å². The summed E-state index contributed by atoms with van der Waals surface area (Å²) < 4.78 is 5.34. The Hall–Kier alpha value is -0.790. The molecule has 0 aliphatic rings. The summed E-state index contributed by atoms with van der Waals surface area (Å²) in [6.07, 6.45) is 24.2. The van der Waals surface area contributed by atoms with Crippen LogP contribution in [0.25, 0.3) is 0 Å². The lowest BCUT2D eigenvalue weighted by atomic mass is 10.0. The van der Waals surface area contributed by atoms with Gasteiger partial charge in [0.15, 0.2) is 0 Å². The maximum Gasteiger partial charge on any atom is 0.333 e. The second kappa shape index (κ2) is 21.5. The van der Waals surface area contributed by atoms with E-state index in [9.17, 15) is 4.79 Å². The molecule has 0 aromatic carbocycles. The third-order valence-electron chi connectivity index (χ3n) is 5.35. The van der Waals surface area contributed by atoms with E-state index in [4.69, 9.17) is 4.74 Å². The Kier molecular flexibility index (Phi) is 20.9. The predicted octanol–water partition coefficient (Wildman–Crippen LogP) is 8.54.